The van der Waals surface area contributed by atoms with E-state index in [-0.39, 0.29) is 10.5 Å². The maximum absolute atomic E-state index is 12.5. The Morgan fingerprint density at radius 3 is 2.58 bits per heavy atom. The van der Waals surface area contributed by atoms with E-state index in [1.165, 1.54) is 29.3 Å². The van der Waals surface area contributed by atoms with Crippen LogP contribution in [0.1, 0.15) is 31.2 Å². The van der Waals surface area contributed by atoms with Gasteiger partial charge in [-0.3, -0.25) is 0 Å². The zero-order valence-electron chi connectivity index (χ0n) is 11.0. The fraction of sp³-hybridized carbons (Fsp3) is 0.500. The molecule has 0 saturated heterocycles. The number of nitrogens with zero attached hydrogens (tertiary/aromatic N) is 2. The molecule has 0 bridgehead atoms. The lowest BCUT2D eigenvalue weighted by molar-refractivity contribution is 0.387. The molecule has 0 N–H and O–H groups in total. The molecule has 1 aromatic carbocycles. The Balaban J connectivity index is 2.23. The molecule has 0 radical (unpaired) electrons. The third-order valence-corrected chi connectivity index (χ3v) is 5.57. The first-order valence-electron chi connectivity index (χ1n) is 6.51. The van der Waals surface area contributed by atoms with Crippen molar-refractivity contribution in [3.05, 3.63) is 29.8 Å². The van der Waals surface area contributed by atoms with Gasteiger partial charge in [0.1, 0.15) is 6.07 Å². The summed E-state index contributed by atoms with van der Waals surface area (Å²) in [5.41, 5.74) is 0.209. The Kier molecular flexibility index (Phi) is 4.23. The van der Waals surface area contributed by atoms with Crippen molar-refractivity contribution < 1.29 is 8.42 Å². The van der Waals surface area contributed by atoms with Crippen LogP contribution in [-0.2, 0) is 10.0 Å². The molecule has 4 nitrogen and oxygen atoms in total. The Labute approximate surface area is 114 Å². The van der Waals surface area contributed by atoms with Gasteiger partial charge in [-0.25, -0.2) is 12.7 Å². The molecule has 0 aromatic heterocycles. The summed E-state index contributed by atoms with van der Waals surface area (Å²) < 4.78 is 26.3. The lowest BCUT2D eigenvalue weighted by Crippen LogP contribution is -2.31. The summed E-state index contributed by atoms with van der Waals surface area (Å²) in [4.78, 5) is 0.109. The van der Waals surface area contributed by atoms with Gasteiger partial charge in [0.05, 0.1) is 10.5 Å². The zero-order valence-corrected chi connectivity index (χ0v) is 11.9. The summed E-state index contributed by atoms with van der Waals surface area (Å²) in [6.45, 7) is 0.544. The molecule has 0 atom stereocenters. The first-order chi connectivity index (χ1) is 9.05. The van der Waals surface area contributed by atoms with Crippen molar-refractivity contribution in [3.8, 4) is 6.07 Å². The van der Waals surface area contributed by atoms with Gasteiger partial charge in [0.2, 0.25) is 10.0 Å². The van der Waals surface area contributed by atoms with Gasteiger partial charge in [0.25, 0.3) is 0 Å². The van der Waals surface area contributed by atoms with Crippen LogP contribution >= 0.6 is 0 Å². The minimum atomic E-state index is -3.56. The summed E-state index contributed by atoms with van der Waals surface area (Å²) in [7, 11) is -1.96. The predicted octanol–water partition coefficient (Wildman–Crippen LogP) is 2.37. The maximum Gasteiger partial charge on any atom is 0.244 e. The van der Waals surface area contributed by atoms with E-state index in [1.54, 1.807) is 19.2 Å². The average Bonchev–Trinajstić information content (AvgIpc) is 2.91. The normalized spacial score (nSPS) is 16.7. The fourth-order valence-electron chi connectivity index (χ4n) is 2.61. The van der Waals surface area contributed by atoms with Crippen molar-refractivity contribution in [1.82, 2.24) is 4.31 Å². The number of rotatable bonds is 4. The Morgan fingerprint density at radius 1 is 1.32 bits per heavy atom. The van der Waals surface area contributed by atoms with Crippen molar-refractivity contribution in [3.63, 3.8) is 0 Å². The number of benzene rings is 1. The molecule has 0 heterocycles. The number of sulfonamides is 1. The van der Waals surface area contributed by atoms with Gasteiger partial charge in [-0.05, 0) is 30.9 Å². The lowest BCUT2D eigenvalue weighted by atomic mass is 10.1. The van der Waals surface area contributed by atoms with Crippen LogP contribution in [0.15, 0.2) is 29.2 Å². The molecular weight excluding hydrogens is 260 g/mol. The Hall–Kier alpha value is -1.38. The molecule has 0 amide bonds. The highest BCUT2D eigenvalue weighted by Crippen LogP contribution is 2.27. The van der Waals surface area contributed by atoms with Crippen LogP contribution in [0.5, 0.6) is 0 Å². The first kappa shape index (κ1) is 14.0. The van der Waals surface area contributed by atoms with Crippen molar-refractivity contribution in [2.75, 3.05) is 13.6 Å². The van der Waals surface area contributed by atoms with E-state index in [9.17, 15) is 8.42 Å². The summed E-state index contributed by atoms with van der Waals surface area (Å²) in [6, 6.07) is 8.31. The molecule has 1 saturated carbocycles. The quantitative estimate of drug-likeness (QED) is 0.849. The van der Waals surface area contributed by atoms with Gasteiger partial charge in [-0.1, -0.05) is 25.0 Å². The van der Waals surface area contributed by atoms with Crippen LogP contribution < -0.4 is 0 Å². The molecule has 1 aromatic rings. The number of hydrogen-bond donors (Lipinski definition) is 0. The monoisotopic (exact) mass is 278 g/mol. The van der Waals surface area contributed by atoms with Crippen molar-refractivity contribution in [2.45, 2.75) is 30.6 Å². The molecule has 0 aliphatic heterocycles. The molecule has 1 aliphatic rings. The second-order valence-electron chi connectivity index (χ2n) is 5.04. The van der Waals surface area contributed by atoms with Crippen LogP contribution in [0.2, 0.25) is 0 Å². The summed E-state index contributed by atoms with van der Waals surface area (Å²) in [5.74, 6) is 0.453. The predicted molar refractivity (Wildman–Crippen MR) is 72.9 cm³/mol. The van der Waals surface area contributed by atoms with Crippen LogP contribution in [0, 0.1) is 17.2 Å². The molecule has 5 heteroatoms. The van der Waals surface area contributed by atoms with Crippen LogP contribution in [0.3, 0.4) is 0 Å². The van der Waals surface area contributed by atoms with E-state index >= 15 is 0 Å². The largest absolute Gasteiger partial charge is 0.244 e. The van der Waals surface area contributed by atoms with E-state index in [4.69, 9.17) is 5.26 Å². The van der Waals surface area contributed by atoms with E-state index in [2.05, 4.69) is 0 Å². The second-order valence-corrected chi connectivity index (χ2v) is 7.06. The first-order valence-corrected chi connectivity index (χ1v) is 7.95. The highest BCUT2D eigenvalue weighted by atomic mass is 32.2. The molecular formula is C14H18N2O2S. The molecule has 2 rings (SSSR count). The van der Waals surface area contributed by atoms with Gasteiger partial charge < -0.3 is 0 Å². The topological polar surface area (TPSA) is 61.2 Å². The van der Waals surface area contributed by atoms with E-state index < -0.39 is 10.0 Å². The van der Waals surface area contributed by atoms with Crippen molar-refractivity contribution >= 4 is 10.0 Å². The molecule has 102 valence electrons. The van der Waals surface area contributed by atoms with Gasteiger partial charge in [-0.15, -0.1) is 0 Å². The van der Waals surface area contributed by atoms with E-state index in [0.717, 1.165) is 12.8 Å². The number of nitriles is 1. The van der Waals surface area contributed by atoms with E-state index in [0.29, 0.717) is 12.5 Å². The third-order valence-electron chi connectivity index (χ3n) is 3.69. The van der Waals surface area contributed by atoms with Gasteiger partial charge >= 0.3 is 0 Å². The summed E-state index contributed by atoms with van der Waals surface area (Å²) in [6.07, 6.45) is 4.57. The molecule has 1 aliphatic carbocycles. The Morgan fingerprint density at radius 2 is 1.95 bits per heavy atom. The fourth-order valence-corrected chi connectivity index (χ4v) is 3.99. The SMILES string of the molecule is CN(CC1CCCC1)S(=O)(=O)c1ccccc1C#N. The molecule has 0 spiro atoms. The highest BCUT2D eigenvalue weighted by Gasteiger charge is 2.27. The van der Waals surface area contributed by atoms with Gasteiger partial charge in [0.15, 0.2) is 0 Å². The minimum Gasteiger partial charge on any atom is -0.207 e. The maximum atomic E-state index is 12.5. The minimum absolute atomic E-state index is 0.109. The third kappa shape index (κ3) is 2.96. The second kappa shape index (κ2) is 5.72. The van der Waals surface area contributed by atoms with Crippen LogP contribution in [0.4, 0.5) is 0 Å². The number of hydrogen-bond acceptors (Lipinski definition) is 3. The molecule has 1 fully saturated rings. The summed E-state index contributed by atoms with van der Waals surface area (Å²) in [5, 5.41) is 9.01. The molecule has 0 unspecified atom stereocenters. The van der Waals surface area contributed by atoms with Gasteiger partial charge in [-0.2, -0.15) is 5.26 Å². The van der Waals surface area contributed by atoms with Crippen molar-refractivity contribution in [2.24, 2.45) is 5.92 Å². The molecule has 19 heavy (non-hydrogen) atoms. The van der Waals surface area contributed by atoms with Gasteiger partial charge in [0, 0.05) is 13.6 Å². The highest BCUT2D eigenvalue weighted by molar-refractivity contribution is 7.89. The van der Waals surface area contributed by atoms with Crippen LogP contribution in [0.25, 0.3) is 0 Å². The van der Waals surface area contributed by atoms with E-state index in [1.807, 2.05) is 6.07 Å². The zero-order chi connectivity index (χ0) is 13.9. The lowest BCUT2D eigenvalue weighted by Gasteiger charge is -2.21. The van der Waals surface area contributed by atoms with Crippen LogP contribution in [-0.4, -0.2) is 26.3 Å². The van der Waals surface area contributed by atoms with Crippen molar-refractivity contribution in [1.29, 1.82) is 5.26 Å². The Bertz CT molecular complexity index is 584. The smallest absolute Gasteiger partial charge is 0.207 e. The standard InChI is InChI=1S/C14H18N2O2S/c1-16(11-12-6-2-3-7-12)19(17,18)14-9-5-4-8-13(14)10-15/h4-5,8-9,12H,2-3,6-7,11H2,1H3. The average molecular weight is 278 g/mol. The summed E-state index contributed by atoms with van der Waals surface area (Å²) >= 11 is 0.